The first kappa shape index (κ1) is 7.91. The van der Waals surface area contributed by atoms with Crippen molar-refractivity contribution in [3.05, 3.63) is 38.9 Å². The molecule has 0 unspecified atom stereocenters. The Kier molecular flexibility index (Phi) is 1.62. The van der Waals surface area contributed by atoms with Gasteiger partial charge in [-0.05, 0) is 18.6 Å². The molecule has 0 aliphatic carbocycles. The average Bonchev–Trinajstić information content (AvgIpc) is 2.48. The molecule has 0 amide bonds. The summed E-state index contributed by atoms with van der Waals surface area (Å²) < 4.78 is 0. The van der Waals surface area contributed by atoms with Crippen LogP contribution in [0.2, 0.25) is 0 Å². The van der Waals surface area contributed by atoms with Gasteiger partial charge in [-0.2, -0.15) is 0 Å². The molecule has 1 aliphatic heterocycles. The van der Waals surface area contributed by atoms with Gasteiger partial charge in [-0.25, -0.2) is 0 Å². The Morgan fingerprint density at radius 3 is 3.00 bits per heavy atom. The molecule has 0 N–H and O–H groups in total. The van der Waals surface area contributed by atoms with Gasteiger partial charge >= 0.3 is 0 Å². The normalized spacial score (nSPS) is 13.0. The Hall–Kier alpha value is -1.71. The van der Waals surface area contributed by atoms with E-state index >= 15 is 0 Å². The van der Waals surface area contributed by atoms with E-state index in [2.05, 4.69) is 4.99 Å². The van der Waals surface area contributed by atoms with E-state index in [1.807, 2.05) is 6.07 Å². The zero-order valence-electron chi connectivity index (χ0n) is 7.15. The van der Waals surface area contributed by atoms with Crippen LogP contribution in [-0.4, -0.2) is 11.1 Å². The van der Waals surface area contributed by atoms with Gasteiger partial charge in [0.1, 0.15) is 0 Å². The van der Waals surface area contributed by atoms with Crippen molar-refractivity contribution in [3.63, 3.8) is 0 Å². The van der Waals surface area contributed by atoms with E-state index in [1.165, 1.54) is 0 Å². The molecule has 0 saturated heterocycles. The van der Waals surface area contributed by atoms with Gasteiger partial charge in [-0.15, -0.1) is 0 Å². The molecule has 0 saturated carbocycles. The minimum Gasteiger partial charge on any atom is -0.288 e. The summed E-state index contributed by atoms with van der Waals surface area (Å²) in [5, 5.41) is 10.6. The molecule has 13 heavy (non-hydrogen) atoms. The summed E-state index contributed by atoms with van der Waals surface area (Å²) >= 11 is 0. The van der Waals surface area contributed by atoms with Crippen molar-refractivity contribution in [1.82, 2.24) is 0 Å². The summed E-state index contributed by atoms with van der Waals surface area (Å²) in [4.78, 5) is 14.3. The maximum atomic E-state index is 10.6. The number of aryl methyl sites for hydroxylation is 1. The second kappa shape index (κ2) is 2.65. The lowest BCUT2D eigenvalue weighted by Crippen LogP contribution is -1.95. The number of nitro benzene ring substituents is 1. The quantitative estimate of drug-likeness (QED) is 0.484. The molecule has 1 aromatic rings. The van der Waals surface area contributed by atoms with Gasteiger partial charge in [-0.1, -0.05) is 0 Å². The largest absolute Gasteiger partial charge is 0.288 e. The van der Waals surface area contributed by atoms with Crippen LogP contribution >= 0.6 is 0 Å². The summed E-state index contributed by atoms with van der Waals surface area (Å²) in [6, 6.07) is 3.42. The van der Waals surface area contributed by atoms with Crippen molar-refractivity contribution in [2.24, 2.45) is 4.99 Å². The van der Waals surface area contributed by atoms with Crippen molar-refractivity contribution in [3.8, 4) is 0 Å². The van der Waals surface area contributed by atoms with Crippen molar-refractivity contribution < 1.29 is 4.92 Å². The molecule has 2 rings (SSSR count). The minimum atomic E-state index is -0.359. The van der Waals surface area contributed by atoms with Crippen molar-refractivity contribution >= 4 is 11.9 Å². The van der Waals surface area contributed by atoms with E-state index in [4.69, 9.17) is 0 Å². The maximum absolute atomic E-state index is 10.6. The van der Waals surface area contributed by atoms with E-state index in [-0.39, 0.29) is 10.6 Å². The molecule has 4 heteroatoms. The highest BCUT2D eigenvalue weighted by Gasteiger charge is 2.15. The number of nitro groups is 1. The van der Waals surface area contributed by atoms with Crippen molar-refractivity contribution in [2.45, 2.75) is 13.5 Å². The lowest BCUT2D eigenvalue weighted by molar-refractivity contribution is -0.385. The molecule has 0 atom stereocenters. The van der Waals surface area contributed by atoms with Crippen molar-refractivity contribution in [1.29, 1.82) is 0 Å². The van der Waals surface area contributed by atoms with E-state index in [9.17, 15) is 10.1 Å². The van der Waals surface area contributed by atoms with E-state index in [0.717, 1.165) is 11.1 Å². The molecule has 0 radical (unpaired) electrons. The van der Waals surface area contributed by atoms with E-state index in [0.29, 0.717) is 12.1 Å². The average molecular weight is 176 g/mol. The molecular weight excluding hydrogens is 168 g/mol. The lowest BCUT2D eigenvalue weighted by Gasteiger charge is -2.00. The molecule has 66 valence electrons. The monoisotopic (exact) mass is 176 g/mol. The van der Waals surface area contributed by atoms with Crippen LogP contribution in [0.1, 0.15) is 16.7 Å². The lowest BCUT2D eigenvalue weighted by atomic mass is 10.1. The number of hydrogen-bond donors (Lipinski definition) is 0. The van der Waals surface area contributed by atoms with Crippen LogP contribution in [0.25, 0.3) is 0 Å². The number of benzene rings is 1. The third kappa shape index (κ3) is 1.20. The zero-order chi connectivity index (χ0) is 9.42. The molecule has 4 nitrogen and oxygen atoms in total. The highest BCUT2D eigenvalue weighted by molar-refractivity contribution is 5.85. The molecule has 0 aromatic heterocycles. The van der Waals surface area contributed by atoms with Gasteiger partial charge < -0.3 is 0 Å². The molecule has 1 aliphatic rings. The number of hydrogen-bond acceptors (Lipinski definition) is 3. The Labute approximate surface area is 75.1 Å². The van der Waals surface area contributed by atoms with Crippen molar-refractivity contribution in [2.75, 3.05) is 0 Å². The summed E-state index contributed by atoms with van der Waals surface area (Å²) in [7, 11) is 0. The fourth-order valence-corrected chi connectivity index (χ4v) is 1.47. The second-order valence-corrected chi connectivity index (χ2v) is 3.06. The zero-order valence-corrected chi connectivity index (χ0v) is 7.15. The van der Waals surface area contributed by atoms with Crippen LogP contribution in [0.15, 0.2) is 17.1 Å². The Morgan fingerprint density at radius 2 is 2.31 bits per heavy atom. The summed E-state index contributed by atoms with van der Waals surface area (Å²) in [5.41, 5.74) is 2.82. The maximum Gasteiger partial charge on any atom is 0.272 e. The van der Waals surface area contributed by atoms with Gasteiger partial charge in [-0.3, -0.25) is 15.1 Å². The van der Waals surface area contributed by atoms with Crippen LogP contribution in [0, 0.1) is 17.0 Å². The Balaban J connectivity index is 2.60. The van der Waals surface area contributed by atoms with Gasteiger partial charge in [0.2, 0.25) is 0 Å². The first-order chi connectivity index (χ1) is 6.18. The predicted octanol–water partition coefficient (Wildman–Crippen LogP) is 1.84. The first-order valence-electron chi connectivity index (χ1n) is 3.96. The summed E-state index contributed by atoms with van der Waals surface area (Å²) in [5.74, 6) is 0. The highest BCUT2D eigenvalue weighted by atomic mass is 16.6. The highest BCUT2D eigenvalue weighted by Crippen LogP contribution is 2.24. The molecular formula is C9H8N2O2. The van der Waals surface area contributed by atoms with Crippen LogP contribution in [0.5, 0.6) is 0 Å². The van der Waals surface area contributed by atoms with Crippen LogP contribution in [-0.2, 0) is 6.54 Å². The van der Waals surface area contributed by atoms with Crippen LogP contribution in [0.4, 0.5) is 5.69 Å². The Morgan fingerprint density at radius 1 is 1.54 bits per heavy atom. The standard InChI is InChI=1S/C9H8N2O2/c1-6-2-7-4-10-5-8(7)3-9(6)11(12)13/h2-3,5H,4H2,1H3. The topological polar surface area (TPSA) is 55.5 Å². The van der Waals surface area contributed by atoms with E-state index < -0.39 is 0 Å². The van der Waals surface area contributed by atoms with Gasteiger partial charge in [0.15, 0.2) is 0 Å². The van der Waals surface area contributed by atoms with Gasteiger partial charge in [0, 0.05) is 23.4 Å². The molecule has 0 fully saturated rings. The number of fused-ring (bicyclic) bond motifs is 1. The fourth-order valence-electron chi connectivity index (χ4n) is 1.47. The van der Waals surface area contributed by atoms with E-state index in [1.54, 1.807) is 19.2 Å². The summed E-state index contributed by atoms with van der Waals surface area (Å²) in [6.07, 6.45) is 1.68. The van der Waals surface area contributed by atoms with Gasteiger partial charge in [0.05, 0.1) is 11.5 Å². The Bertz CT molecular complexity index is 410. The molecule has 0 spiro atoms. The van der Waals surface area contributed by atoms with Crippen LogP contribution in [0.3, 0.4) is 0 Å². The summed E-state index contributed by atoms with van der Waals surface area (Å²) in [6.45, 7) is 2.39. The molecule has 0 bridgehead atoms. The van der Waals surface area contributed by atoms with Gasteiger partial charge in [0.25, 0.3) is 5.69 Å². The van der Waals surface area contributed by atoms with Crippen LogP contribution < -0.4 is 0 Å². The second-order valence-electron chi connectivity index (χ2n) is 3.06. The third-order valence-electron chi connectivity index (χ3n) is 2.15. The number of nitrogens with zero attached hydrogens (tertiary/aromatic N) is 2. The smallest absolute Gasteiger partial charge is 0.272 e. The molecule has 1 heterocycles. The first-order valence-corrected chi connectivity index (χ1v) is 3.96. The third-order valence-corrected chi connectivity index (χ3v) is 2.15. The predicted molar refractivity (Wildman–Crippen MR) is 49.1 cm³/mol. The number of aliphatic imine (C=N–C) groups is 1. The SMILES string of the molecule is Cc1cc2c(cc1[N+](=O)[O-])C=NC2. The number of rotatable bonds is 1. The molecule has 1 aromatic carbocycles. The fraction of sp³-hybridized carbons (Fsp3) is 0.222. The minimum absolute atomic E-state index is 0.173.